The fourth-order valence-electron chi connectivity index (χ4n) is 2.08. The van der Waals surface area contributed by atoms with Crippen molar-refractivity contribution in [2.75, 3.05) is 7.11 Å². The molecule has 4 nitrogen and oxygen atoms in total. The number of thiazole rings is 1. The molecule has 0 amide bonds. The first-order valence-electron chi connectivity index (χ1n) is 6.30. The van der Waals surface area contributed by atoms with Gasteiger partial charge in [0.15, 0.2) is 0 Å². The Hall–Kier alpha value is -2.53. The summed E-state index contributed by atoms with van der Waals surface area (Å²) in [7, 11) is 1.62. The van der Waals surface area contributed by atoms with Gasteiger partial charge in [0.2, 0.25) is 0 Å². The molecule has 5 heteroatoms. The Kier molecular flexibility index (Phi) is 3.50. The Bertz CT molecular complexity index is 783. The number of aromatic hydroxyl groups is 2. The van der Waals surface area contributed by atoms with E-state index in [2.05, 4.69) is 4.98 Å². The lowest BCUT2D eigenvalue weighted by Crippen LogP contribution is -1.87. The summed E-state index contributed by atoms with van der Waals surface area (Å²) < 4.78 is 5.34. The molecule has 0 saturated heterocycles. The van der Waals surface area contributed by atoms with Gasteiger partial charge in [-0.15, -0.1) is 11.3 Å². The highest BCUT2D eigenvalue weighted by Gasteiger charge is 2.13. The third-order valence-electron chi connectivity index (χ3n) is 3.10. The number of para-hydroxylation sites is 1. The highest BCUT2D eigenvalue weighted by atomic mass is 32.1. The molecule has 0 saturated carbocycles. The minimum atomic E-state index is 0.00637. The summed E-state index contributed by atoms with van der Waals surface area (Å²) >= 11 is 1.48. The van der Waals surface area contributed by atoms with Gasteiger partial charge in [-0.3, -0.25) is 0 Å². The zero-order chi connectivity index (χ0) is 14.8. The Labute approximate surface area is 125 Å². The first kappa shape index (κ1) is 13.5. The van der Waals surface area contributed by atoms with E-state index in [4.69, 9.17) is 4.74 Å². The predicted octanol–water partition coefficient (Wildman–Crippen LogP) is 3.90. The van der Waals surface area contributed by atoms with E-state index in [1.807, 2.05) is 29.6 Å². The molecule has 1 heterocycles. The zero-order valence-electron chi connectivity index (χ0n) is 11.3. The molecule has 3 aromatic rings. The van der Waals surface area contributed by atoms with Gasteiger partial charge in [0.1, 0.15) is 22.3 Å². The lowest BCUT2D eigenvalue weighted by atomic mass is 10.1. The van der Waals surface area contributed by atoms with Crippen molar-refractivity contribution in [3.05, 3.63) is 47.8 Å². The topological polar surface area (TPSA) is 62.6 Å². The molecule has 2 aromatic carbocycles. The van der Waals surface area contributed by atoms with Gasteiger partial charge in [-0.2, -0.15) is 0 Å². The monoisotopic (exact) mass is 299 g/mol. The van der Waals surface area contributed by atoms with Crippen LogP contribution in [0.15, 0.2) is 47.8 Å². The standard InChI is InChI=1S/C16H13NO3S/c1-20-15-5-3-2-4-12(15)16-17-13(9-21-16)11-7-6-10(18)8-14(11)19/h2-9,18-19H,1H3. The fourth-order valence-corrected chi connectivity index (χ4v) is 2.93. The van der Waals surface area contributed by atoms with Crippen LogP contribution in [0.2, 0.25) is 0 Å². The van der Waals surface area contributed by atoms with Gasteiger partial charge >= 0.3 is 0 Å². The van der Waals surface area contributed by atoms with Crippen LogP contribution in [0, 0.1) is 0 Å². The number of rotatable bonds is 3. The minimum absolute atomic E-state index is 0.00637. The quantitative estimate of drug-likeness (QED) is 0.770. The average molecular weight is 299 g/mol. The third kappa shape index (κ3) is 2.55. The molecule has 0 unspecified atom stereocenters. The Morgan fingerprint density at radius 2 is 1.86 bits per heavy atom. The average Bonchev–Trinajstić information content (AvgIpc) is 2.96. The van der Waals surface area contributed by atoms with Crippen LogP contribution < -0.4 is 4.74 Å². The van der Waals surface area contributed by atoms with Gasteiger partial charge < -0.3 is 14.9 Å². The molecule has 0 spiro atoms. The molecule has 3 rings (SSSR count). The molecule has 1 aromatic heterocycles. The molecular formula is C16H13NO3S. The summed E-state index contributed by atoms with van der Waals surface area (Å²) in [6.45, 7) is 0. The predicted molar refractivity (Wildman–Crippen MR) is 82.9 cm³/mol. The Balaban J connectivity index is 2.04. The van der Waals surface area contributed by atoms with Gasteiger partial charge in [0.25, 0.3) is 0 Å². The van der Waals surface area contributed by atoms with E-state index in [1.54, 1.807) is 13.2 Å². The van der Waals surface area contributed by atoms with Crippen molar-refractivity contribution in [1.29, 1.82) is 0 Å². The summed E-state index contributed by atoms with van der Waals surface area (Å²) in [5.41, 5.74) is 2.16. The maximum atomic E-state index is 9.91. The van der Waals surface area contributed by atoms with E-state index in [0.29, 0.717) is 11.3 Å². The number of aromatic nitrogens is 1. The van der Waals surface area contributed by atoms with Crippen molar-refractivity contribution >= 4 is 11.3 Å². The largest absolute Gasteiger partial charge is 0.508 e. The highest BCUT2D eigenvalue weighted by molar-refractivity contribution is 7.13. The van der Waals surface area contributed by atoms with Crippen molar-refractivity contribution in [3.8, 4) is 39.1 Å². The number of hydrogen-bond acceptors (Lipinski definition) is 5. The number of hydrogen-bond donors (Lipinski definition) is 2. The van der Waals surface area contributed by atoms with Crippen molar-refractivity contribution in [1.82, 2.24) is 4.98 Å². The molecular weight excluding hydrogens is 286 g/mol. The van der Waals surface area contributed by atoms with E-state index in [9.17, 15) is 10.2 Å². The zero-order valence-corrected chi connectivity index (χ0v) is 12.1. The molecule has 0 radical (unpaired) electrons. The third-order valence-corrected chi connectivity index (χ3v) is 3.97. The van der Waals surface area contributed by atoms with E-state index in [1.165, 1.54) is 23.5 Å². The molecule has 21 heavy (non-hydrogen) atoms. The van der Waals surface area contributed by atoms with Crippen LogP contribution in [-0.4, -0.2) is 22.3 Å². The molecule has 0 aliphatic rings. The van der Waals surface area contributed by atoms with Crippen molar-refractivity contribution in [3.63, 3.8) is 0 Å². The minimum Gasteiger partial charge on any atom is -0.508 e. The normalized spacial score (nSPS) is 10.5. The van der Waals surface area contributed by atoms with Gasteiger partial charge in [0.05, 0.1) is 18.4 Å². The molecule has 2 N–H and O–H groups in total. The summed E-state index contributed by atoms with van der Waals surface area (Å²) in [4.78, 5) is 4.55. The van der Waals surface area contributed by atoms with Gasteiger partial charge in [-0.05, 0) is 24.3 Å². The molecule has 0 aliphatic heterocycles. The lowest BCUT2D eigenvalue weighted by molar-refractivity contribution is 0.416. The summed E-state index contributed by atoms with van der Waals surface area (Å²) in [6.07, 6.45) is 0. The molecule has 0 fully saturated rings. The number of nitrogens with zero attached hydrogens (tertiary/aromatic N) is 1. The number of phenols is 2. The smallest absolute Gasteiger partial charge is 0.129 e. The van der Waals surface area contributed by atoms with Crippen LogP contribution in [0.4, 0.5) is 0 Å². The van der Waals surface area contributed by atoms with Crippen molar-refractivity contribution in [2.24, 2.45) is 0 Å². The SMILES string of the molecule is COc1ccccc1-c1nc(-c2ccc(O)cc2O)cs1. The first-order valence-corrected chi connectivity index (χ1v) is 7.18. The second-order valence-electron chi connectivity index (χ2n) is 4.44. The molecule has 0 bridgehead atoms. The number of methoxy groups -OCH3 is 1. The first-order chi connectivity index (χ1) is 10.2. The number of benzene rings is 2. The van der Waals surface area contributed by atoms with Gasteiger partial charge in [-0.1, -0.05) is 12.1 Å². The van der Waals surface area contributed by atoms with Gasteiger partial charge in [0, 0.05) is 17.0 Å². The van der Waals surface area contributed by atoms with Crippen LogP contribution in [0.25, 0.3) is 21.8 Å². The highest BCUT2D eigenvalue weighted by Crippen LogP contribution is 2.37. The number of phenolic OH excluding ortho intramolecular Hbond substituents is 2. The second-order valence-corrected chi connectivity index (χ2v) is 5.30. The van der Waals surface area contributed by atoms with E-state index in [-0.39, 0.29) is 11.5 Å². The molecule has 106 valence electrons. The van der Waals surface area contributed by atoms with Crippen LogP contribution in [-0.2, 0) is 0 Å². The summed E-state index contributed by atoms with van der Waals surface area (Å²) in [6, 6.07) is 12.1. The van der Waals surface area contributed by atoms with Gasteiger partial charge in [-0.25, -0.2) is 4.98 Å². The van der Waals surface area contributed by atoms with E-state index >= 15 is 0 Å². The van der Waals surface area contributed by atoms with E-state index in [0.717, 1.165) is 16.3 Å². The van der Waals surface area contributed by atoms with Crippen LogP contribution in [0.3, 0.4) is 0 Å². The maximum Gasteiger partial charge on any atom is 0.129 e. The van der Waals surface area contributed by atoms with Crippen LogP contribution in [0.1, 0.15) is 0 Å². The molecule has 0 atom stereocenters. The maximum absolute atomic E-state index is 9.91. The second kappa shape index (κ2) is 5.46. The Morgan fingerprint density at radius 1 is 1.05 bits per heavy atom. The van der Waals surface area contributed by atoms with Crippen molar-refractivity contribution < 1.29 is 14.9 Å². The van der Waals surface area contributed by atoms with Crippen molar-refractivity contribution in [2.45, 2.75) is 0 Å². The summed E-state index contributed by atoms with van der Waals surface area (Å²) in [5, 5.41) is 21.9. The number of ether oxygens (including phenoxy) is 1. The fraction of sp³-hybridized carbons (Fsp3) is 0.0625. The van der Waals surface area contributed by atoms with E-state index < -0.39 is 0 Å². The Morgan fingerprint density at radius 3 is 2.62 bits per heavy atom. The lowest BCUT2D eigenvalue weighted by Gasteiger charge is -2.05. The summed E-state index contributed by atoms with van der Waals surface area (Å²) in [5.74, 6) is 0.789. The molecule has 0 aliphatic carbocycles. The van der Waals surface area contributed by atoms with Crippen LogP contribution >= 0.6 is 11.3 Å². The van der Waals surface area contributed by atoms with Crippen LogP contribution in [0.5, 0.6) is 17.2 Å².